The van der Waals surface area contributed by atoms with Gasteiger partial charge in [0.25, 0.3) is 0 Å². The van der Waals surface area contributed by atoms with Crippen molar-refractivity contribution in [3.8, 4) is 0 Å². The zero-order valence-corrected chi connectivity index (χ0v) is 11.0. The van der Waals surface area contributed by atoms with Gasteiger partial charge in [-0.3, -0.25) is 0 Å². The molecule has 0 N–H and O–H groups in total. The highest BCUT2D eigenvalue weighted by molar-refractivity contribution is 5.15. The summed E-state index contributed by atoms with van der Waals surface area (Å²) in [5.41, 5.74) is 1.35. The molecule has 1 aromatic carbocycles. The Balaban J connectivity index is 2.05. The maximum Gasteiger partial charge on any atom is 0.0891 e. The third-order valence-corrected chi connectivity index (χ3v) is 2.84. The van der Waals surface area contributed by atoms with Gasteiger partial charge in [-0.1, -0.05) is 63.1 Å². The van der Waals surface area contributed by atoms with E-state index in [1.807, 2.05) is 6.07 Å². The number of hydrogen-bond donors (Lipinski definition) is 0. The Bertz CT molecular complexity index is 303. The molecule has 94 valence electrons. The third-order valence-electron chi connectivity index (χ3n) is 2.84. The first kappa shape index (κ1) is 13.8. The van der Waals surface area contributed by atoms with E-state index >= 15 is 0 Å². The molecule has 0 unspecified atom stereocenters. The van der Waals surface area contributed by atoms with Gasteiger partial charge in [0.1, 0.15) is 0 Å². The van der Waals surface area contributed by atoms with Gasteiger partial charge in [0.2, 0.25) is 0 Å². The van der Waals surface area contributed by atoms with Gasteiger partial charge in [-0.25, -0.2) is 0 Å². The fraction of sp³-hybridized carbons (Fsp3) is 0.500. The van der Waals surface area contributed by atoms with Crippen molar-refractivity contribution < 1.29 is 4.74 Å². The van der Waals surface area contributed by atoms with Crippen LogP contribution in [0.3, 0.4) is 0 Å². The lowest BCUT2D eigenvalue weighted by atomic mass is 10.1. The molecule has 0 spiro atoms. The van der Waals surface area contributed by atoms with Crippen LogP contribution in [0.4, 0.5) is 0 Å². The first-order valence-electron chi connectivity index (χ1n) is 6.67. The molecule has 1 rings (SSSR count). The van der Waals surface area contributed by atoms with Crippen molar-refractivity contribution in [3.05, 3.63) is 48.2 Å². The highest BCUT2D eigenvalue weighted by atomic mass is 16.5. The molecule has 0 atom stereocenters. The van der Waals surface area contributed by atoms with E-state index in [0.29, 0.717) is 0 Å². The number of rotatable bonds is 9. The van der Waals surface area contributed by atoms with E-state index in [-0.39, 0.29) is 0 Å². The third kappa shape index (κ3) is 6.83. The smallest absolute Gasteiger partial charge is 0.0891 e. The second kappa shape index (κ2) is 8.86. The molecule has 0 saturated carbocycles. The van der Waals surface area contributed by atoms with Crippen molar-refractivity contribution >= 4 is 0 Å². The molecular weight excluding hydrogens is 208 g/mol. The molecule has 17 heavy (non-hydrogen) atoms. The molecular formula is C16H24O. The number of hydrogen-bond acceptors (Lipinski definition) is 1. The molecule has 1 aromatic rings. The summed E-state index contributed by atoms with van der Waals surface area (Å²) in [5, 5.41) is 0. The fourth-order valence-corrected chi connectivity index (χ4v) is 1.75. The standard InChI is InChI=1S/C16H24O/c1-3-4-5-9-14-17-15(2)12-13-16-10-7-6-8-11-16/h6-8,10-11H,2-5,9,12-14H2,1H3. The second-order valence-electron chi connectivity index (χ2n) is 4.43. The Hall–Kier alpha value is -1.24. The first-order chi connectivity index (χ1) is 8.33. The lowest BCUT2D eigenvalue weighted by Crippen LogP contribution is -1.96. The Morgan fingerprint density at radius 3 is 2.59 bits per heavy atom. The predicted octanol–water partition coefficient (Wildman–Crippen LogP) is 4.73. The van der Waals surface area contributed by atoms with Gasteiger partial charge in [0.15, 0.2) is 0 Å². The van der Waals surface area contributed by atoms with Crippen LogP contribution in [-0.4, -0.2) is 6.61 Å². The summed E-state index contributed by atoms with van der Waals surface area (Å²) in [6.45, 7) is 7.01. The summed E-state index contributed by atoms with van der Waals surface area (Å²) >= 11 is 0. The van der Waals surface area contributed by atoms with Crippen LogP contribution in [-0.2, 0) is 11.2 Å². The van der Waals surface area contributed by atoms with E-state index in [9.17, 15) is 0 Å². The molecule has 0 aliphatic rings. The highest BCUT2D eigenvalue weighted by Gasteiger charge is 1.97. The van der Waals surface area contributed by atoms with Gasteiger partial charge in [0.05, 0.1) is 12.4 Å². The molecule has 0 aliphatic heterocycles. The topological polar surface area (TPSA) is 9.23 Å². The molecule has 0 fully saturated rings. The number of allylic oxidation sites excluding steroid dienone is 1. The van der Waals surface area contributed by atoms with Crippen LogP contribution >= 0.6 is 0 Å². The highest BCUT2D eigenvalue weighted by Crippen LogP contribution is 2.09. The first-order valence-corrected chi connectivity index (χ1v) is 6.67. The Labute approximate surface area is 106 Å². The predicted molar refractivity (Wildman–Crippen MR) is 74.0 cm³/mol. The minimum Gasteiger partial charge on any atom is -0.499 e. The lowest BCUT2D eigenvalue weighted by Gasteiger charge is -2.08. The van der Waals surface area contributed by atoms with Crippen LogP contribution in [0.2, 0.25) is 0 Å². The van der Waals surface area contributed by atoms with Crippen molar-refractivity contribution in [2.24, 2.45) is 0 Å². The van der Waals surface area contributed by atoms with Crippen molar-refractivity contribution in [3.63, 3.8) is 0 Å². The van der Waals surface area contributed by atoms with E-state index < -0.39 is 0 Å². The van der Waals surface area contributed by atoms with Crippen molar-refractivity contribution in [2.75, 3.05) is 6.61 Å². The van der Waals surface area contributed by atoms with Crippen LogP contribution in [0.15, 0.2) is 42.7 Å². The quantitative estimate of drug-likeness (QED) is 0.442. The molecule has 0 bridgehead atoms. The van der Waals surface area contributed by atoms with E-state index in [2.05, 4.69) is 37.8 Å². The number of aryl methyl sites for hydroxylation is 1. The van der Waals surface area contributed by atoms with Crippen LogP contribution in [0.5, 0.6) is 0 Å². The van der Waals surface area contributed by atoms with E-state index in [1.165, 1.54) is 24.8 Å². The molecule has 0 heterocycles. The largest absolute Gasteiger partial charge is 0.499 e. The Morgan fingerprint density at radius 1 is 1.12 bits per heavy atom. The monoisotopic (exact) mass is 232 g/mol. The minimum atomic E-state index is 0.827. The maximum absolute atomic E-state index is 5.62. The van der Waals surface area contributed by atoms with Crippen LogP contribution < -0.4 is 0 Å². The van der Waals surface area contributed by atoms with Gasteiger partial charge in [-0.05, 0) is 18.4 Å². The summed E-state index contributed by atoms with van der Waals surface area (Å²) in [5.74, 6) is 0.922. The van der Waals surface area contributed by atoms with Gasteiger partial charge >= 0.3 is 0 Å². The summed E-state index contributed by atoms with van der Waals surface area (Å²) in [6, 6.07) is 10.5. The molecule has 0 radical (unpaired) electrons. The van der Waals surface area contributed by atoms with Crippen LogP contribution in [0.1, 0.15) is 44.6 Å². The lowest BCUT2D eigenvalue weighted by molar-refractivity contribution is 0.197. The van der Waals surface area contributed by atoms with Gasteiger partial charge in [0, 0.05) is 6.42 Å². The van der Waals surface area contributed by atoms with Gasteiger partial charge in [-0.15, -0.1) is 0 Å². The number of unbranched alkanes of at least 4 members (excludes halogenated alkanes) is 3. The molecule has 1 heteroatoms. The summed E-state index contributed by atoms with van der Waals surface area (Å²) < 4.78 is 5.62. The van der Waals surface area contributed by atoms with Gasteiger partial charge < -0.3 is 4.74 Å². The molecule has 0 aliphatic carbocycles. The van der Waals surface area contributed by atoms with Crippen LogP contribution in [0, 0.1) is 0 Å². The van der Waals surface area contributed by atoms with Crippen molar-refractivity contribution in [1.82, 2.24) is 0 Å². The van der Waals surface area contributed by atoms with Gasteiger partial charge in [-0.2, -0.15) is 0 Å². The Kier molecular flexibility index (Phi) is 7.20. The second-order valence-corrected chi connectivity index (χ2v) is 4.43. The minimum absolute atomic E-state index is 0.827. The van der Waals surface area contributed by atoms with E-state index in [1.54, 1.807) is 0 Å². The average molecular weight is 232 g/mol. The fourth-order valence-electron chi connectivity index (χ4n) is 1.75. The van der Waals surface area contributed by atoms with Crippen molar-refractivity contribution in [1.29, 1.82) is 0 Å². The zero-order valence-electron chi connectivity index (χ0n) is 11.0. The zero-order chi connectivity index (χ0) is 12.3. The summed E-state index contributed by atoms with van der Waals surface area (Å²) in [4.78, 5) is 0. The maximum atomic E-state index is 5.62. The SMILES string of the molecule is C=C(CCc1ccccc1)OCCCCCC. The Morgan fingerprint density at radius 2 is 1.88 bits per heavy atom. The normalized spacial score (nSPS) is 10.2. The van der Waals surface area contributed by atoms with E-state index in [4.69, 9.17) is 4.74 Å². The molecule has 0 aromatic heterocycles. The molecule has 0 saturated heterocycles. The number of ether oxygens (including phenoxy) is 1. The van der Waals surface area contributed by atoms with E-state index in [0.717, 1.165) is 31.6 Å². The summed E-state index contributed by atoms with van der Waals surface area (Å²) in [7, 11) is 0. The molecule has 1 nitrogen and oxygen atoms in total. The van der Waals surface area contributed by atoms with Crippen LogP contribution in [0.25, 0.3) is 0 Å². The summed E-state index contributed by atoms with van der Waals surface area (Å²) in [6.07, 6.45) is 6.95. The van der Waals surface area contributed by atoms with Crippen molar-refractivity contribution in [2.45, 2.75) is 45.4 Å². The average Bonchev–Trinajstić information content (AvgIpc) is 2.37. The number of benzene rings is 1. The molecule has 0 amide bonds.